The molecule has 0 aliphatic heterocycles. The lowest BCUT2D eigenvalue weighted by molar-refractivity contribution is 1.36. The summed E-state index contributed by atoms with van der Waals surface area (Å²) in [6, 6.07) is 8.10. The SMILES string of the molecule is Clc1csc(-c2cccc3cnccc23)n1. The number of benzene rings is 1. The van der Waals surface area contributed by atoms with Gasteiger partial charge in [0.05, 0.1) is 0 Å². The number of halogens is 1. The Labute approximate surface area is 102 Å². The maximum absolute atomic E-state index is 5.85. The van der Waals surface area contributed by atoms with Crippen LogP contribution in [0.4, 0.5) is 0 Å². The van der Waals surface area contributed by atoms with Gasteiger partial charge in [0.15, 0.2) is 0 Å². The highest BCUT2D eigenvalue weighted by Crippen LogP contribution is 2.31. The summed E-state index contributed by atoms with van der Waals surface area (Å²) < 4.78 is 0. The van der Waals surface area contributed by atoms with E-state index in [9.17, 15) is 0 Å². The van der Waals surface area contributed by atoms with Crippen molar-refractivity contribution >= 4 is 33.7 Å². The largest absolute Gasteiger partial charge is 0.264 e. The van der Waals surface area contributed by atoms with Crippen LogP contribution in [0.1, 0.15) is 0 Å². The second-order valence-electron chi connectivity index (χ2n) is 3.38. The molecule has 3 aromatic rings. The van der Waals surface area contributed by atoms with Crippen LogP contribution in [-0.2, 0) is 0 Å². The van der Waals surface area contributed by atoms with Gasteiger partial charge in [0, 0.05) is 28.7 Å². The highest BCUT2D eigenvalue weighted by atomic mass is 35.5. The van der Waals surface area contributed by atoms with E-state index in [-0.39, 0.29) is 0 Å². The Balaban J connectivity index is 2.31. The molecule has 1 aromatic carbocycles. The van der Waals surface area contributed by atoms with Gasteiger partial charge in [0.2, 0.25) is 0 Å². The van der Waals surface area contributed by atoms with E-state index in [1.807, 2.05) is 29.8 Å². The van der Waals surface area contributed by atoms with Crippen molar-refractivity contribution in [3.05, 3.63) is 47.2 Å². The maximum Gasteiger partial charge on any atom is 0.140 e. The van der Waals surface area contributed by atoms with Gasteiger partial charge in [-0.2, -0.15) is 0 Å². The van der Waals surface area contributed by atoms with E-state index in [0.29, 0.717) is 5.15 Å². The Kier molecular flexibility index (Phi) is 2.35. The molecule has 0 saturated carbocycles. The van der Waals surface area contributed by atoms with Gasteiger partial charge in [0.1, 0.15) is 10.2 Å². The Morgan fingerprint density at radius 1 is 1.19 bits per heavy atom. The van der Waals surface area contributed by atoms with E-state index in [1.165, 1.54) is 0 Å². The molecule has 3 rings (SSSR count). The molecule has 4 heteroatoms. The molecule has 2 heterocycles. The normalized spacial score (nSPS) is 10.8. The number of aromatic nitrogens is 2. The fraction of sp³-hybridized carbons (Fsp3) is 0. The third-order valence-electron chi connectivity index (χ3n) is 2.39. The van der Waals surface area contributed by atoms with Crippen LogP contribution in [0, 0.1) is 0 Å². The van der Waals surface area contributed by atoms with Gasteiger partial charge in [-0.15, -0.1) is 11.3 Å². The van der Waals surface area contributed by atoms with E-state index in [0.717, 1.165) is 21.3 Å². The molecule has 2 nitrogen and oxygen atoms in total. The van der Waals surface area contributed by atoms with Crippen molar-refractivity contribution in [1.29, 1.82) is 0 Å². The van der Waals surface area contributed by atoms with Gasteiger partial charge in [-0.25, -0.2) is 4.98 Å². The lowest BCUT2D eigenvalue weighted by Gasteiger charge is -2.02. The fourth-order valence-electron chi connectivity index (χ4n) is 1.69. The summed E-state index contributed by atoms with van der Waals surface area (Å²) in [7, 11) is 0. The molecule has 78 valence electrons. The van der Waals surface area contributed by atoms with Gasteiger partial charge in [-0.1, -0.05) is 29.8 Å². The van der Waals surface area contributed by atoms with Crippen LogP contribution in [0.2, 0.25) is 5.15 Å². The Morgan fingerprint density at radius 2 is 2.12 bits per heavy atom. The average molecular weight is 247 g/mol. The summed E-state index contributed by atoms with van der Waals surface area (Å²) in [6.45, 7) is 0. The predicted octanol–water partition coefficient (Wildman–Crippen LogP) is 4.01. The Morgan fingerprint density at radius 3 is 2.94 bits per heavy atom. The summed E-state index contributed by atoms with van der Waals surface area (Å²) in [5.41, 5.74) is 1.11. The van der Waals surface area contributed by atoms with Crippen molar-refractivity contribution in [2.24, 2.45) is 0 Å². The topological polar surface area (TPSA) is 25.8 Å². The van der Waals surface area contributed by atoms with Crippen LogP contribution >= 0.6 is 22.9 Å². The summed E-state index contributed by atoms with van der Waals surface area (Å²) in [5.74, 6) is 0. The van der Waals surface area contributed by atoms with Crippen molar-refractivity contribution < 1.29 is 0 Å². The lowest BCUT2D eigenvalue weighted by atomic mass is 10.1. The molecular weight excluding hydrogens is 240 g/mol. The summed E-state index contributed by atoms with van der Waals surface area (Å²) in [4.78, 5) is 8.40. The molecule has 0 bridgehead atoms. The first-order chi connectivity index (χ1) is 7.84. The fourth-order valence-corrected chi connectivity index (χ4v) is 2.67. The quantitative estimate of drug-likeness (QED) is 0.648. The minimum absolute atomic E-state index is 0.547. The number of hydrogen-bond acceptors (Lipinski definition) is 3. The van der Waals surface area contributed by atoms with Gasteiger partial charge >= 0.3 is 0 Å². The van der Waals surface area contributed by atoms with Gasteiger partial charge in [0.25, 0.3) is 0 Å². The molecule has 0 aliphatic rings. The minimum Gasteiger partial charge on any atom is -0.264 e. The zero-order valence-corrected chi connectivity index (χ0v) is 9.79. The van der Waals surface area contributed by atoms with Crippen molar-refractivity contribution in [2.75, 3.05) is 0 Å². The molecule has 16 heavy (non-hydrogen) atoms. The van der Waals surface area contributed by atoms with Crippen LogP contribution in [0.15, 0.2) is 42.0 Å². The molecule has 0 fully saturated rings. The zero-order chi connectivity index (χ0) is 11.0. The zero-order valence-electron chi connectivity index (χ0n) is 8.22. The molecule has 0 amide bonds. The molecule has 2 aromatic heterocycles. The molecule has 0 radical (unpaired) electrons. The van der Waals surface area contributed by atoms with Gasteiger partial charge in [-0.05, 0) is 11.5 Å². The van der Waals surface area contributed by atoms with Crippen molar-refractivity contribution in [1.82, 2.24) is 9.97 Å². The van der Waals surface area contributed by atoms with Crippen LogP contribution < -0.4 is 0 Å². The van der Waals surface area contributed by atoms with Gasteiger partial charge in [-0.3, -0.25) is 4.98 Å². The van der Waals surface area contributed by atoms with Crippen LogP contribution in [0.25, 0.3) is 21.3 Å². The molecule has 0 saturated heterocycles. The number of thiazole rings is 1. The van der Waals surface area contributed by atoms with Crippen molar-refractivity contribution in [3.63, 3.8) is 0 Å². The second-order valence-corrected chi connectivity index (χ2v) is 4.62. The highest BCUT2D eigenvalue weighted by molar-refractivity contribution is 7.13. The molecule has 0 spiro atoms. The van der Waals surface area contributed by atoms with Crippen molar-refractivity contribution in [3.8, 4) is 10.6 Å². The summed E-state index contributed by atoms with van der Waals surface area (Å²) in [5, 5.41) is 5.61. The smallest absolute Gasteiger partial charge is 0.140 e. The number of nitrogens with zero attached hydrogens (tertiary/aromatic N) is 2. The maximum atomic E-state index is 5.85. The van der Waals surface area contributed by atoms with Crippen molar-refractivity contribution in [2.45, 2.75) is 0 Å². The van der Waals surface area contributed by atoms with Crippen LogP contribution in [-0.4, -0.2) is 9.97 Å². The molecule has 0 aliphatic carbocycles. The van der Waals surface area contributed by atoms with Gasteiger partial charge < -0.3 is 0 Å². The standard InChI is InChI=1S/C12H7ClN2S/c13-11-7-16-12(15-11)10-3-1-2-8-6-14-5-4-9(8)10/h1-7H. The Hall–Kier alpha value is -1.45. The summed E-state index contributed by atoms with van der Waals surface area (Å²) >= 11 is 7.40. The first kappa shape index (κ1) is 9.75. The first-order valence-electron chi connectivity index (χ1n) is 4.79. The second kappa shape index (κ2) is 3.85. The number of pyridine rings is 1. The van der Waals surface area contributed by atoms with Crippen LogP contribution in [0.5, 0.6) is 0 Å². The van der Waals surface area contributed by atoms with Crippen LogP contribution in [0.3, 0.4) is 0 Å². The predicted molar refractivity (Wildman–Crippen MR) is 67.9 cm³/mol. The number of rotatable bonds is 1. The van der Waals surface area contributed by atoms with E-state index in [4.69, 9.17) is 11.6 Å². The van der Waals surface area contributed by atoms with E-state index >= 15 is 0 Å². The first-order valence-corrected chi connectivity index (χ1v) is 6.04. The Bertz CT molecular complexity index is 643. The average Bonchev–Trinajstić information content (AvgIpc) is 2.75. The third-order valence-corrected chi connectivity index (χ3v) is 3.59. The molecule has 0 N–H and O–H groups in total. The lowest BCUT2D eigenvalue weighted by Crippen LogP contribution is -1.81. The molecule has 0 unspecified atom stereocenters. The monoisotopic (exact) mass is 246 g/mol. The number of hydrogen-bond donors (Lipinski definition) is 0. The minimum atomic E-state index is 0.547. The van der Waals surface area contributed by atoms with E-state index in [1.54, 1.807) is 17.5 Å². The molecular formula is C12H7ClN2S. The summed E-state index contributed by atoms with van der Waals surface area (Å²) in [6.07, 6.45) is 3.65. The molecule has 0 atom stereocenters. The van der Waals surface area contributed by atoms with E-state index in [2.05, 4.69) is 16.0 Å². The third kappa shape index (κ3) is 1.58. The van der Waals surface area contributed by atoms with E-state index < -0.39 is 0 Å². The number of fused-ring (bicyclic) bond motifs is 1. The highest BCUT2D eigenvalue weighted by Gasteiger charge is 2.06.